The maximum absolute atomic E-state index is 5.08. The van der Waals surface area contributed by atoms with E-state index in [0.717, 1.165) is 33.4 Å². The van der Waals surface area contributed by atoms with E-state index in [1.807, 2.05) is 36.4 Å². The molecule has 64 heavy (non-hydrogen) atoms. The van der Waals surface area contributed by atoms with Crippen LogP contribution in [0.5, 0.6) is 0 Å². The first kappa shape index (κ1) is 37.2. The summed E-state index contributed by atoms with van der Waals surface area (Å²) in [5.41, 5.74) is 12.2. The second-order valence-electron chi connectivity index (χ2n) is 16.3. The second-order valence-corrected chi connectivity index (χ2v) is 16.3. The van der Waals surface area contributed by atoms with Crippen molar-refractivity contribution in [1.29, 1.82) is 0 Å². The van der Waals surface area contributed by atoms with Crippen LogP contribution in [0.4, 0.5) is 0 Å². The first-order valence-electron chi connectivity index (χ1n) is 21.8. The van der Waals surface area contributed by atoms with Crippen molar-refractivity contribution in [2.24, 2.45) is 0 Å². The third-order valence-electron chi connectivity index (χ3n) is 12.5. The first-order chi connectivity index (χ1) is 31.7. The highest BCUT2D eigenvalue weighted by Crippen LogP contribution is 2.42. The molecule has 3 heteroatoms. The molecule has 0 aliphatic heterocycles. The van der Waals surface area contributed by atoms with Gasteiger partial charge in [0.2, 0.25) is 0 Å². The molecule has 298 valence electrons. The van der Waals surface area contributed by atoms with E-state index in [2.05, 4.69) is 200 Å². The van der Waals surface area contributed by atoms with Gasteiger partial charge in [0.25, 0.3) is 0 Å². The van der Waals surface area contributed by atoms with Gasteiger partial charge in [-0.1, -0.05) is 224 Å². The highest BCUT2D eigenvalue weighted by Gasteiger charge is 2.17. The van der Waals surface area contributed by atoms with Crippen molar-refractivity contribution < 1.29 is 0 Å². The molecule has 0 unspecified atom stereocenters. The highest BCUT2D eigenvalue weighted by molar-refractivity contribution is 6.25. The summed E-state index contributed by atoms with van der Waals surface area (Å²) in [4.78, 5) is 15.1. The van der Waals surface area contributed by atoms with Crippen LogP contribution in [0.25, 0.3) is 122 Å². The van der Waals surface area contributed by atoms with Gasteiger partial charge in [-0.15, -0.1) is 0 Å². The highest BCUT2D eigenvalue weighted by atomic mass is 15.0. The van der Waals surface area contributed by atoms with E-state index in [0.29, 0.717) is 17.5 Å². The number of hydrogen-bond acceptors (Lipinski definition) is 3. The summed E-state index contributed by atoms with van der Waals surface area (Å²) < 4.78 is 0. The Labute approximate surface area is 371 Å². The Hall–Kier alpha value is -8.53. The number of aromatic nitrogens is 3. The fourth-order valence-electron chi connectivity index (χ4n) is 9.36. The molecule has 0 amide bonds. The van der Waals surface area contributed by atoms with Crippen molar-refractivity contribution in [2.45, 2.75) is 0 Å². The topological polar surface area (TPSA) is 38.7 Å². The van der Waals surface area contributed by atoms with E-state index < -0.39 is 0 Å². The van der Waals surface area contributed by atoms with Crippen molar-refractivity contribution in [3.63, 3.8) is 0 Å². The second kappa shape index (κ2) is 15.7. The molecule has 11 aromatic carbocycles. The molecule has 0 fully saturated rings. The standard InChI is InChI=1S/C61H39N3/c1-3-14-40(15-4-1)41-26-30-45(31-27-41)60-62-59(44-17-5-2-6-18-44)63-61(64-60)46-32-28-43(29-33-46)51-36-34-42-16-7-8-21-50(42)58(51)49-20-13-19-47(38-49)48-35-37-56-54-24-10-9-22-52(54)53-23-11-12-25-55(53)57(56)39-48/h1-39H. The molecular formula is C61H39N3. The summed E-state index contributed by atoms with van der Waals surface area (Å²) in [6.45, 7) is 0. The van der Waals surface area contributed by atoms with Crippen LogP contribution >= 0.6 is 0 Å². The molecule has 0 spiro atoms. The van der Waals surface area contributed by atoms with Gasteiger partial charge in [-0.25, -0.2) is 15.0 Å². The maximum atomic E-state index is 5.08. The van der Waals surface area contributed by atoms with Gasteiger partial charge >= 0.3 is 0 Å². The number of rotatable bonds is 7. The Morgan fingerprint density at radius 2 is 0.594 bits per heavy atom. The van der Waals surface area contributed by atoms with Crippen LogP contribution in [0.2, 0.25) is 0 Å². The first-order valence-corrected chi connectivity index (χ1v) is 21.8. The van der Waals surface area contributed by atoms with Gasteiger partial charge in [0.05, 0.1) is 0 Å². The molecular weight excluding hydrogens is 775 g/mol. The predicted octanol–water partition coefficient (Wildman–Crippen LogP) is 16.2. The molecule has 12 rings (SSSR count). The average molecular weight is 814 g/mol. The lowest BCUT2D eigenvalue weighted by atomic mass is 9.88. The minimum Gasteiger partial charge on any atom is -0.208 e. The quantitative estimate of drug-likeness (QED) is 0.150. The number of benzene rings is 11. The van der Waals surface area contributed by atoms with Crippen LogP contribution in [-0.4, -0.2) is 15.0 Å². The van der Waals surface area contributed by atoms with Crippen molar-refractivity contribution in [2.75, 3.05) is 0 Å². The fraction of sp³-hybridized carbons (Fsp3) is 0. The minimum absolute atomic E-state index is 0.630. The Balaban J connectivity index is 0.944. The van der Waals surface area contributed by atoms with E-state index in [9.17, 15) is 0 Å². The van der Waals surface area contributed by atoms with Gasteiger partial charge in [-0.3, -0.25) is 0 Å². The van der Waals surface area contributed by atoms with Gasteiger partial charge in [0.15, 0.2) is 17.5 Å². The lowest BCUT2D eigenvalue weighted by Gasteiger charge is -2.16. The number of hydrogen-bond donors (Lipinski definition) is 0. The lowest BCUT2D eigenvalue weighted by Crippen LogP contribution is -2.00. The SMILES string of the molecule is c1ccc(-c2ccc(-c3nc(-c4ccccc4)nc(-c4ccc(-c5ccc6ccccc6c5-c5cccc(-c6ccc7c8ccccc8c8ccccc8c7c6)c5)cc4)n3)cc2)cc1. The van der Waals surface area contributed by atoms with E-state index in [4.69, 9.17) is 15.0 Å². The van der Waals surface area contributed by atoms with E-state index >= 15 is 0 Å². The Morgan fingerprint density at radius 1 is 0.203 bits per heavy atom. The van der Waals surface area contributed by atoms with Crippen LogP contribution < -0.4 is 0 Å². The van der Waals surface area contributed by atoms with Crippen LogP contribution in [0, 0.1) is 0 Å². The van der Waals surface area contributed by atoms with Gasteiger partial charge in [0, 0.05) is 16.7 Å². The van der Waals surface area contributed by atoms with Crippen molar-refractivity contribution in [3.05, 3.63) is 237 Å². The molecule has 0 radical (unpaired) electrons. The molecule has 1 aromatic heterocycles. The molecule has 0 bridgehead atoms. The van der Waals surface area contributed by atoms with Gasteiger partial charge < -0.3 is 0 Å². The largest absolute Gasteiger partial charge is 0.208 e. The molecule has 3 nitrogen and oxygen atoms in total. The molecule has 1 heterocycles. The van der Waals surface area contributed by atoms with Crippen LogP contribution in [0.15, 0.2) is 237 Å². The van der Waals surface area contributed by atoms with Crippen molar-refractivity contribution in [3.8, 4) is 78.7 Å². The summed E-state index contributed by atoms with van der Waals surface area (Å²) in [5.74, 6) is 1.91. The summed E-state index contributed by atoms with van der Waals surface area (Å²) in [6, 6.07) is 84.4. The normalized spacial score (nSPS) is 11.4. The molecule has 12 aromatic rings. The monoisotopic (exact) mass is 813 g/mol. The van der Waals surface area contributed by atoms with E-state index in [1.54, 1.807) is 0 Å². The minimum atomic E-state index is 0.630. The van der Waals surface area contributed by atoms with E-state index in [-0.39, 0.29) is 0 Å². The van der Waals surface area contributed by atoms with Gasteiger partial charge in [-0.2, -0.15) is 0 Å². The van der Waals surface area contributed by atoms with E-state index in [1.165, 1.54) is 70.9 Å². The van der Waals surface area contributed by atoms with Gasteiger partial charge in [0.1, 0.15) is 0 Å². The Bertz CT molecular complexity index is 3660. The smallest absolute Gasteiger partial charge is 0.164 e. The van der Waals surface area contributed by atoms with Crippen LogP contribution in [-0.2, 0) is 0 Å². The molecule has 0 aliphatic carbocycles. The molecule has 0 atom stereocenters. The Morgan fingerprint density at radius 3 is 1.20 bits per heavy atom. The molecule has 0 aliphatic rings. The summed E-state index contributed by atoms with van der Waals surface area (Å²) >= 11 is 0. The molecule has 0 saturated heterocycles. The summed E-state index contributed by atoms with van der Waals surface area (Å²) in [5, 5.41) is 10.1. The lowest BCUT2D eigenvalue weighted by molar-refractivity contribution is 1.07. The van der Waals surface area contributed by atoms with Crippen LogP contribution in [0.3, 0.4) is 0 Å². The number of nitrogens with zero attached hydrogens (tertiary/aromatic N) is 3. The summed E-state index contributed by atoms with van der Waals surface area (Å²) in [7, 11) is 0. The predicted molar refractivity (Wildman–Crippen MR) is 268 cm³/mol. The molecule has 0 N–H and O–H groups in total. The Kier molecular flexibility index (Phi) is 9.16. The average Bonchev–Trinajstić information content (AvgIpc) is 3.39. The van der Waals surface area contributed by atoms with Crippen LogP contribution in [0.1, 0.15) is 0 Å². The third kappa shape index (κ3) is 6.68. The van der Waals surface area contributed by atoms with Crippen molar-refractivity contribution >= 4 is 43.1 Å². The zero-order valence-corrected chi connectivity index (χ0v) is 34.9. The third-order valence-corrected chi connectivity index (χ3v) is 12.5. The van der Waals surface area contributed by atoms with Gasteiger partial charge in [-0.05, 0) is 99.7 Å². The fourth-order valence-corrected chi connectivity index (χ4v) is 9.36. The summed E-state index contributed by atoms with van der Waals surface area (Å²) in [6.07, 6.45) is 0. The zero-order valence-electron chi connectivity index (χ0n) is 34.9. The van der Waals surface area contributed by atoms with Crippen molar-refractivity contribution in [1.82, 2.24) is 15.0 Å². The molecule has 0 saturated carbocycles. The number of fused-ring (bicyclic) bond motifs is 7. The zero-order chi connectivity index (χ0) is 42.4. The maximum Gasteiger partial charge on any atom is 0.164 e.